The van der Waals surface area contributed by atoms with Crippen molar-refractivity contribution < 1.29 is 82.9 Å². The smallest absolute Gasteiger partial charge is 0.200 e. The topological polar surface area (TPSA) is 0 Å². The van der Waals surface area contributed by atoms with E-state index in [0.717, 1.165) is 0 Å². The summed E-state index contributed by atoms with van der Waals surface area (Å²) in [5.74, 6) is -44.9. The number of benzene rings is 3. The molecule has 0 bridgehead atoms. The maximum absolute atomic E-state index is 14.4. The third kappa shape index (κ3) is 4.15. The summed E-state index contributed by atoms with van der Waals surface area (Å²) in [5, 5.41) is -7.84. The molecule has 0 aliphatic rings. The fourth-order valence-corrected chi connectivity index (χ4v) is 5.14. The number of hydrogen-bond donors (Lipinski definition) is 0. The SMILES string of the molecule is Fc1c(F)c(F)c(P(c2c(F)c(F)c(F)c(F)c2F)c2c(F)c(F)c(F)c(F)c2F)c(F)c1F.[Cu]. The zero-order valence-corrected chi connectivity index (χ0v) is 17.3. The summed E-state index contributed by atoms with van der Waals surface area (Å²) in [6.45, 7) is 0. The molecular weight excluding hydrogens is 596 g/mol. The van der Waals surface area contributed by atoms with E-state index in [-0.39, 0.29) is 17.1 Å². The molecule has 193 valence electrons. The summed E-state index contributed by atoms with van der Waals surface area (Å²) < 4.78 is 209. The Morgan fingerprint density at radius 1 is 0.229 bits per heavy atom. The average Bonchev–Trinajstić information content (AvgIpc) is 2.81. The van der Waals surface area contributed by atoms with Crippen LogP contribution in [0.2, 0.25) is 0 Å². The summed E-state index contributed by atoms with van der Waals surface area (Å²) >= 11 is 0. The van der Waals surface area contributed by atoms with E-state index < -0.39 is 111 Å². The van der Waals surface area contributed by atoms with E-state index in [1.807, 2.05) is 0 Å². The van der Waals surface area contributed by atoms with Crippen molar-refractivity contribution in [1.82, 2.24) is 0 Å². The quantitative estimate of drug-likeness (QED) is 0.123. The molecular formula is C18CuF15P. The van der Waals surface area contributed by atoms with Gasteiger partial charge in [-0.2, -0.15) is 0 Å². The van der Waals surface area contributed by atoms with E-state index in [2.05, 4.69) is 0 Å². The van der Waals surface area contributed by atoms with Gasteiger partial charge in [0.05, 0.1) is 15.9 Å². The molecule has 0 aliphatic heterocycles. The Balaban J connectivity index is 0.00000432. The van der Waals surface area contributed by atoms with Crippen LogP contribution in [0.5, 0.6) is 0 Å². The Bertz CT molecular complexity index is 1120. The average molecular weight is 596 g/mol. The minimum Gasteiger partial charge on any atom is -0.203 e. The van der Waals surface area contributed by atoms with Crippen molar-refractivity contribution in [2.24, 2.45) is 0 Å². The normalized spacial score (nSPS) is 11.3. The molecule has 1 radical (unpaired) electrons. The molecule has 0 atom stereocenters. The number of halogens is 15. The molecule has 0 fully saturated rings. The Kier molecular flexibility index (Phi) is 8.15. The predicted octanol–water partition coefficient (Wildman–Crippen LogP) is 5.53. The van der Waals surface area contributed by atoms with E-state index in [1.54, 1.807) is 0 Å². The van der Waals surface area contributed by atoms with Gasteiger partial charge in [0, 0.05) is 25.0 Å². The van der Waals surface area contributed by atoms with Gasteiger partial charge in [-0.05, 0) is 0 Å². The Morgan fingerprint density at radius 2 is 0.343 bits per heavy atom. The van der Waals surface area contributed by atoms with E-state index in [9.17, 15) is 65.9 Å². The summed E-state index contributed by atoms with van der Waals surface area (Å²) in [4.78, 5) is 0. The molecule has 0 nitrogen and oxygen atoms in total. The monoisotopic (exact) mass is 595 g/mol. The molecule has 0 amide bonds. The van der Waals surface area contributed by atoms with Gasteiger partial charge in [0.15, 0.2) is 69.8 Å². The molecule has 0 saturated heterocycles. The van der Waals surface area contributed by atoms with Crippen molar-refractivity contribution in [2.75, 3.05) is 0 Å². The molecule has 0 unspecified atom stereocenters. The zero-order valence-electron chi connectivity index (χ0n) is 15.4. The third-order valence-corrected chi connectivity index (χ3v) is 6.75. The minimum atomic E-state index is -4.90. The summed E-state index contributed by atoms with van der Waals surface area (Å²) in [5.41, 5.74) is 0. The van der Waals surface area contributed by atoms with Crippen LogP contribution in [0.3, 0.4) is 0 Å². The van der Waals surface area contributed by atoms with Crippen molar-refractivity contribution in [1.29, 1.82) is 0 Å². The molecule has 3 aromatic rings. The van der Waals surface area contributed by atoms with E-state index in [0.29, 0.717) is 0 Å². The van der Waals surface area contributed by atoms with Crippen LogP contribution in [-0.4, -0.2) is 0 Å². The Hall–Kier alpha value is -2.44. The van der Waals surface area contributed by atoms with Gasteiger partial charge in [0.2, 0.25) is 17.5 Å². The maximum atomic E-state index is 14.4. The molecule has 3 aromatic carbocycles. The van der Waals surface area contributed by atoms with E-state index in [1.165, 1.54) is 0 Å². The molecule has 3 rings (SSSR count). The molecule has 0 aliphatic carbocycles. The first kappa shape index (κ1) is 28.8. The largest absolute Gasteiger partial charge is 0.203 e. The predicted molar refractivity (Wildman–Crippen MR) is 84.5 cm³/mol. The number of rotatable bonds is 3. The van der Waals surface area contributed by atoms with Crippen LogP contribution >= 0.6 is 7.92 Å². The Labute approximate surface area is 194 Å². The first-order valence-electron chi connectivity index (χ1n) is 8.01. The molecule has 0 spiro atoms. The van der Waals surface area contributed by atoms with Gasteiger partial charge >= 0.3 is 0 Å². The summed E-state index contributed by atoms with van der Waals surface area (Å²) in [6.07, 6.45) is 0. The van der Waals surface area contributed by atoms with Crippen molar-refractivity contribution >= 4 is 23.8 Å². The molecule has 0 heterocycles. The maximum Gasteiger partial charge on any atom is 0.200 e. The van der Waals surface area contributed by atoms with Crippen LogP contribution in [0, 0.1) is 87.3 Å². The molecule has 0 aromatic heterocycles. The van der Waals surface area contributed by atoms with Crippen LogP contribution in [-0.2, 0) is 17.1 Å². The van der Waals surface area contributed by atoms with Crippen LogP contribution < -0.4 is 15.9 Å². The van der Waals surface area contributed by atoms with E-state index >= 15 is 0 Å². The molecule has 17 heteroatoms. The van der Waals surface area contributed by atoms with Gasteiger partial charge in [-0.25, -0.2) is 65.9 Å². The summed E-state index contributed by atoms with van der Waals surface area (Å²) in [7, 11) is -4.90. The van der Waals surface area contributed by atoms with E-state index in [4.69, 9.17) is 0 Å². The Morgan fingerprint density at radius 3 is 0.486 bits per heavy atom. The fourth-order valence-electron chi connectivity index (χ4n) is 2.70. The van der Waals surface area contributed by atoms with Crippen molar-refractivity contribution in [2.45, 2.75) is 0 Å². The van der Waals surface area contributed by atoms with Gasteiger partial charge in [-0.15, -0.1) is 0 Å². The van der Waals surface area contributed by atoms with Crippen LogP contribution in [0.25, 0.3) is 0 Å². The van der Waals surface area contributed by atoms with Gasteiger partial charge < -0.3 is 0 Å². The standard InChI is InChI=1S/C18F15P.Cu/c19-1-4(22)10(28)16(11(29)5(1)23)34(17-12(30)6(24)2(20)7(25)13(17)31)18-14(32)8(26)3(21)9(27)15(18)33;. The van der Waals surface area contributed by atoms with Crippen molar-refractivity contribution in [3.05, 3.63) is 87.3 Å². The van der Waals surface area contributed by atoms with Crippen LogP contribution in [0.15, 0.2) is 0 Å². The molecule has 0 N–H and O–H groups in total. The molecule has 0 saturated carbocycles. The van der Waals surface area contributed by atoms with Crippen molar-refractivity contribution in [3.63, 3.8) is 0 Å². The van der Waals surface area contributed by atoms with Crippen LogP contribution in [0.1, 0.15) is 0 Å². The van der Waals surface area contributed by atoms with Crippen molar-refractivity contribution in [3.8, 4) is 0 Å². The third-order valence-electron chi connectivity index (χ3n) is 4.23. The fraction of sp³-hybridized carbons (Fsp3) is 0. The second-order valence-corrected chi connectivity index (χ2v) is 8.10. The van der Waals surface area contributed by atoms with Gasteiger partial charge in [-0.1, -0.05) is 0 Å². The first-order chi connectivity index (χ1) is 15.7. The van der Waals surface area contributed by atoms with Crippen LogP contribution in [0.4, 0.5) is 65.9 Å². The van der Waals surface area contributed by atoms with Gasteiger partial charge in [0.1, 0.15) is 0 Å². The number of hydrogen-bond acceptors (Lipinski definition) is 0. The zero-order chi connectivity index (χ0) is 26.0. The second kappa shape index (κ2) is 9.90. The molecule has 35 heavy (non-hydrogen) atoms. The van der Waals surface area contributed by atoms with Gasteiger partial charge in [0.25, 0.3) is 0 Å². The first-order valence-corrected chi connectivity index (χ1v) is 9.35. The van der Waals surface area contributed by atoms with Gasteiger partial charge in [-0.3, -0.25) is 0 Å². The minimum absolute atomic E-state index is 0. The second-order valence-electron chi connectivity index (χ2n) is 6.09. The summed E-state index contributed by atoms with van der Waals surface area (Å²) in [6, 6.07) is 0.